The van der Waals surface area contributed by atoms with Gasteiger partial charge >= 0.3 is 0 Å². The van der Waals surface area contributed by atoms with Gasteiger partial charge in [-0.1, -0.05) is 50.1 Å². The molecule has 0 aliphatic carbocycles. The smallest absolute Gasteiger partial charge is 0.0920 e. The molecule has 35 heavy (non-hydrogen) atoms. The summed E-state index contributed by atoms with van der Waals surface area (Å²) in [6.45, 7) is 6.69. The van der Waals surface area contributed by atoms with Crippen molar-refractivity contribution in [2.24, 2.45) is 0 Å². The third-order valence-corrected chi connectivity index (χ3v) is 8.69. The molecule has 0 spiro atoms. The number of nitrogens with zero attached hydrogens (tertiary/aromatic N) is 1. The summed E-state index contributed by atoms with van der Waals surface area (Å²) >= 11 is 7.14. The van der Waals surface area contributed by atoms with Gasteiger partial charge in [-0.3, -0.25) is 0 Å². The Kier molecular flexibility index (Phi) is 5.48. The van der Waals surface area contributed by atoms with Gasteiger partial charge in [-0.05, 0) is 128 Å². The molecular formula is C31H27Br2NO. The molecular weight excluding hydrogens is 562 g/mol. The van der Waals surface area contributed by atoms with Gasteiger partial charge in [0.2, 0.25) is 0 Å². The molecule has 2 nitrogen and oxygen atoms in total. The first-order valence-corrected chi connectivity index (χ1v) is 13.6. The van der Waals surface area contributed by atoms with E-state index in [0.717, 1.165) is 38.8 Å². The van der Waals surface area contributed by atoms with E-state index >= 15 is 0 Å². The molecule has 176 valence electrons. The fourth-order valence-corrected chi connectivity index (χ4v) is 6.33. The highest BCUT2D eigenvalue weighted by atomic mass is 79.9. The van der Waals surface area contributed by atoms with Crippen LogP contribution in [0.4, 0.5) is 17.1 Å². The van der Waals surface area contributed by atoms with Crippen molar-refractivity contribution in [3.63, 3.8) is 0 Å². The summed E-state index contributed by atoms with van der Waals surface area (Å²) in [4.78, 5) is 2.30. The van der Waals surface area contributed by atoms with E-state index in [4.69, 9.17) is 4.74 Å². The summed E-state index contributed by atoms with van der Waals surface area (Å²) in [6.07, 6.45) is 2.19. The SMILES string of the molecule is Cc1cc(N(c2ccc(Br)cc2)c2ccc(Br)cc2)ccc1-c1ccc2c(c1)C1(C)CCC2(C)O1. The van der Waals surface area contributed by atoms with E-state index in [9.17, 15) is 0 Å². The maximum atomic E-state index is 6.49. The quantitative estimate of drug-likeness (QED) is 0.235. The van der Waals surface area contributed by atoms with Gasteiger partial charge in [0, 0.05) is 26.0 Å². The lowest BCUT2D eigenvalue weighted by Gasteiger charge is -2.27. The lowest BCUT2D eigenvalue weighted by molar-refractivity contribution is -0.0662. The minimum absolute atomic E-state index is 0.128. The van der Waals surface area contributed by atoms with Gasteiger partial charge in [-0.15, -0.1) is 0 Å². The average molecular weight is 589 g/mol. The Morgan fingerprint density at radius 2 is 1.20 bits per heavy atom. The predicted molar refractivity (Wildman–Crippen MR) is 152 cm³/mol. The van der Waals surface area contributed by atoms with E-state index in [0.29, 0.717) is 0 Å². The summed E-state index contributed by atoms with van der Waals surface area (Å²) in [5, 5.41) is 0. The van der Waals surface area contributed by atoms with Crippen molar-refractivity contribution in [3.8, 4) is 11.1 Å². The van der Waals surface area contributed by atoms with Gasteiger partial charge in [0.25, 0.3) is 0 Å². The van der Waals surface area contributed by atoms with Crippen molar-refractivity contribution < 1.29 is 4.74 Å². The largest absolute Gasteiger partial charge is 0.360 e. The van der Waals surface area contributed by atoms with Crippen LogP contribution in [0.2, 0.25) is 0 Å². The first kappa shape index (κ1) is 23.0. The van der Waals surface area contributed by atoms with Crippen molar-refractivity contribution in [1.29, 1.82) is 0 Å². The minimum Gasteiger partial charge on any atom is -0.360 e. The Hall–Kier alpha value is -2.40. The Labute approximate surface area is 224 Å². The summed E-state index contributed by atoms with van der Waals surface area (Å²) < 4.78 is 8.63. The average Bonchev–Trinajstić information content (AvgIpc) is 3.29. The summed E-state index contributed by atoms with van der Waals surface area (Å²) in [5.74, 6) is 0. The summed E-state index contributed by atoms with van der Waals surface area (Å²) in [5.41, 5.74) is 9.59. The predicted octanol–water partition coefficient (Wildman–Crippen LogP) is 9.91. The molecule has 2 heterocycles. The fourth-order valence-electron chi connectivity index (χ4n) is 5.80. The summed E-state index contributed by atoms with van der Waals surface area (Å²) in [6, 6.07) is 30.6. The molecule has 0 amide bonds. The van der Waals surface area contributed by atoms with Crippen molar-refractivity contribution in [1.82, 2.24) is 0 Å². The molecule has 0 saturated carbocycles. The van der Waals surface area contributed by atoms with Crippen LogP contribution in [0.25, 0.3) is 11.1 Å². The lowest BCUT2D eigenvalue weighted by atomic mass is 9.77. The first-order chi connectivity index (χ1) is 16.8. The number of ether oxygens (including phenoxy) is 1. The zero-order valence-corrected chi connectivity index (χ0v) is 23.3. The molecule has 6 rings (SSSR count). The highest BCUT2D eigenvalue weighted by Crippen LogP contribution is 2.58. The highest BCUT2D eigenvalue weighted by molar-refractivity contribution is 9.10. The number of halogens is 2. The van der Waals surface area contributed by atoms with Crippen LogP contribution in [0.1, 0.15) is 43.4 Å². The Bertz CT molecular complexity index is 1380. The van der Waals surface area contributed by atoms with Crippen molar-refractivity contribution in [2.45, 2.75) is 44.8 Å². The Balaban J connectivity index is 1.42. The van der Waals surface area contributed by atoms with Crippen LogP contribution in [0.5, 0.6) is 0 Å². The molecule has 0 radical (unpaired) electrons. The second-order valence-corrected chi connectivity index (χ2v) is 11.9. The molecule has 1 saturated heterocycles. The summed E-state index contributed by atoms with van der Waals surface area (Å²) in [7, 11) is 0. The van der Waals surface area contributed by atoms with Crippen molar-refractivity contribution in [2.75, 3.05) is 4.90 Å². The van der Waals surface area contributed by atoms with Crippen LogP contribution in [0.3, 0.4) is 0 Å². The Morgan fingerprint density at radius 3 is 1.77 bits per heavy atom. The van der Waals surface area contributed by atoms with E-state index in [1.54, 1.807) is 0 Å². The number of aryl methyl sites for hydroxylation is 1. The highest BCUT2D eigenvalue weighted by Gasteiger charge is 2.54. The van der Waals surface area contributed by atoms with Gasteiger partial charge in [-0.25, -0.2) is 0 Å². The molecule has 0 aromatic heterocycles. The normalized spacial score (nSPS) is 22.3. The van der Waals surface area contributed by atoms with Gasteiger partial charge < -0.3 is 9.64 Å². The molecule has 4 aromatic carbocycles. The number of hydrogen-bond acceptors (Lipinski definition) is 2. The maximum Gasteiger partial charge on any atom is 0.0920 e. The first-order valence-electron chi connectivity index (χ1n) is 12.0. The van der Waals surface area contributed by atoms with Crippen LogP contribution in [0.15, 0.2) is 93.9 Å². The van der Waals surface area contributed by atoms with Crippen molar-refractivity contribution in [3.05, 3.63) is 111 Å². The second kappa shape index (κ2) is 8.33. The number of rotatable bonds is 4. The van der Waals surface area contributed by atoms with E-state index in [1.807, 2.05) is 0 Å². The van der Waals surface area contributed by atoms with E-state index in [2.05, 4.69) is 142 Å². The number of hydrogen-bond donors (Lipinski definition) is 0. The standard InChI is InChI=1S/C31H27Br2NO/c1-20-18-26(34(24-9-5-22(32)6-10-24)25-11-7-23(33)8-12-25)13-14-27(20)21-4-15-28-29(19-21)31(3)17-16-30(28,2)35-31/h4-15,18-19H,16-17H2,1-3H3. The van der Waals surface area contributed by atoms with E-state index in [-0.39, 0.29) is 11.2 Å². The van der Waals surface area contributed by atoms with Crippen molar-refractivity contribution >= 4 is 48.9 Å². The number of anilines is 3. The lowest BCUT2D eigenvalue weighted by Crippen LogP contribution is -2.17. The third-order valence-electron chi connectivity index (χ3n) is 7.64. The zero-order valence-electron chi connectivity index (χ0n) is 20.1. The molecule has 4 aromatic rings. The zero-order chi connectivity index (χ0) is 24.4. The van der Waals surface area contributed by atoms with Gasteiger partial charge in [0.05, 0.1) is 11.2 Å². The Morgan fingerprint density at radius 1 is 0.657 bits per heavy atom. The third kappa shape index (κ3) is 3.87. The van der Waals surface area contributed by atoms with Crippen LogP contribution in [0, 0.1) is 6.92 Å². The van der Waals surface area contributed by atoms with Crippen LogP contribution < -0.4 is 4.90 Å². The molecule has 4 heteroatoms. The number of benzene rings is 4. The monoisotopic (exact) mass is 587 g/mol. The maximum absolute atomic E-state index is 6.49. The van der Waals surface area contributed by atoms with Gasteiger partial charge in [0.15, 0.2) is 0 Å². The number of fused-ring (bicyclic) bond motifs is 5. The molecule has 2 bridgehead atoms. The second-order valence-electron chi connectivity index (χ2n) is 10.1. The van der Waals surface area contributed by atoms with Crippen LogP contribution >= 0.6 is 31.9 Å². The van der Waals surface area contributed by atoms with E-state index < -0.39 is 0 Å². The molecule has 2 aliphatic rings. The van der Waals surface area contributed by atoms with E-state index in [1.165, 1.54) is 27.8 Å². The van der Waals surface area contributed by atoms with Crippen LogP contribution in [-0.2, 0) is 15.9 Å². The molecule has 2 unspecified atom stereocenters. The minimum atomic E-state index is -0.159. The van der Waals surface area contributed by atoms with Gasteiger partial charge in [-0.2, -0.15) is 0 Å². The topological polar surface area (TPSA) is 12.5 Å². The molecule has 2 aliphatic heterocycles. The van der Waals surface area contributed by atoms with Gasteiger partial charge in [0.1, 0.15) is 0 Å². The molecule has 2 atom stereocenters. The van der Waals surface area contributed by atoms with Crippen LogP contribution in [-0.4, -0.2) is 0 Å². The fraction of sp³-hybridized carbons (Fsp3) is 0.226. The molecule has 0 N–H and O–H groups in total. The molecule has 1 fully saturated rings.